The van der Waals surface area contributed by atoms with Gasteiger partial charge in [-0.15, -0.1) is 0 Å². The average Bonchev–Trinajstić information content (AvgIpc) is 4.19. The van der Waals surface area contributed by atoms with E-state index in [0.29, 0.717) is 48.1 Å². The van der Waals surface area contributed by atoms with Crippen molar-refractivity contribution in [3.05, 3.63) is 122 Å². The summed E-state index contributed by atoms with van der Waals surface area (Å²) in [6.45, 7) is 13.0. The number of nitrogens with zero attached hydrogens (tertiary/aromatic N) is 8. The lowest BCUT2D eigenvalue weighted by molar-refractivity contribution is 0.0879. The Morgan fingerprint density at radius 2 is 0.806 bits per heavy atom. The maximum Gasteiger partial charge on any atom is 0.133 e. The molecule has 0 aromatic heterocycles. The average molecular weight is 953 g/mol. The zero-order chi connectivity index (χ0) is 44.4. The summed E-state index contributed by atoms with van der Waals surface area (Å²) in [5, 5.41) is 13.7. The van der Waals surface area contributed by atoms with E-state index in [9.17, 15) is 0 Å². The third-order valence-corrected chi connectivity index (χ3v) is 34.3. The molecule has 8 nitrogen and oxygen atoms in total. The van der Waals surface area contributed by atoms with Crippen molar-refractivity contribution in [1.82, 2.24) is 19.6 Å². The molecule has 0 spiro atoms. The first kappa shape index (κ1) is 39.4. The van der Waals surface area contributed by atoms with Crippen molar-refractivity contribution in [3.63, 3.8) is 0 Å². The Hall–Kier alpha value is -4.47. The molecule has 0 saturated heterocycles. The zero-order valence-electron chi connectivity index (χ0n) is 39.6. The van der Waals surface area contributed by atoms with Gasteiger partial charge in [0.1, 0.15) is 40.3 Å². The van der Waals surface area contributed by atoms with Gasteiger partial charge in [0, 0.05) is 86.7 Å². The molecule has 67 heavy (non-hydrogen) atoms. The van der Waals surface area contributed by atoms with E-state index in [4.69, 9.17) is 0 Å². The summed E-state index contributed by atoms with van der Waals surface area (Å²) in [6.07, 6.45) is 30.9. The SMILES string of the molecule is C[C@H]1N2C=CN1C1CCCCC1N1C=CN3c4cccc5c4P(c4c2cccc4[Si]5(C)CC2CCC4C(CC2)N2C=CN(c5cccc6c5P5c7c(cccc7[Si]6(C)C)N6C=CN4[C@@H]65)[C@@H]2C)C31. The van der Waals surface area contributed by atoms with E-state index in [0.717, 1.165) is 0 Å². The predicted octanol–water partition coefficient (Wildman–Crippen LogP) is 6.82. The summed E-state index contributed by atoms with van der Waals surface area (Å²) < 4.78 is 0. The second-order valence-corrected chi connectivity index (χ2v) is 35.4. The van der Waals surface area contributed by atoms with Gasteiger partial charge in [0.05, 0.1) is 46.9 Å². The largest absolute Gasteiger partial charge is 0.351 e. The van der Waals surface area contributed by atoms with Crippen molar-refractivity contribution in [2.24, 2.45) is 5.92 Å². The third-order valence-electron chi connectivity index (χ3n) is 19.5. The maximum absolute atomic E-state index is 2.94. The molecule has 4 aromatic rings. The van der Waals surface area contributed by atoms with E-state index in [2.05, 4.69) is 195 Å². The van der Waals surface area contributed by atoms with E-state index in [1.54, 1.807) is 42.0 Å². The molecule has 12 heteroatoms. The van der Waals surface area contributed by atoms with Crippen molar-refractivity contribution in [3.8, 4) is 0 Å². The summed E-state index contributed by atoms with van der Waals surface area (Å²) in [7, 11) is -5.46. The lowest BCUT2D eigenvalue weighted by atomic mass is 9.88. The highest BCUT2D eigenvalue weighted by molar-refractivity contribution is 7.77. The van der Waals surface area contributed by atoms with Crippen LogP contribution in [0.2, 0.25) is 25.7 Å². The predicted molar refractivity (Wildman–Crippen MR) is 286 cm³/mol. The molecule has 340 valence electrons. The standard InChI is InChI=1S/C55H62N8P2Si2/c1-35-56-26-28-59(35)43-15-10-20-48-52(43)65-53-45(63-32-30-60(54(63)65)39-13-7-6-12-38(39)56)17-11-21-49(53)67(48,5)34-37-22-24-40-41(25-23-37)61-31-33-62-44-16-9-19-47-51(44)64(55(61)62)50-42(58-29-27-57(40)36(58)2)14-8-18-46(50)66(47,3)4/h8-11,14-21,26-33,35-41,54-55H,6-7,12-13,22-25,34H2,1-5H3/t35-,36-,37?,38?,39?,40?,41?,54?,55+,64?,65?,67?/m1/s1. The second-order valence-electron chi connectivity index (χ2n) is 22.7. The second kappa shape index (κ2) is 13.4. The fraction of sp³-hybridized carbons (Fsp3) is 0.418. The Morgan fingerprint density at radius 3 is 1.30 bits per heavy atom. The van der Waals surface area contributed by atoms with Crippen LogP contribution in [-0.4, -0.2) is 84.1 Å². The number of rotatable bonds is 2. The van der Waals surface area contributed by atoms with Crippen molar-refractivity contribution in [2.45, 2.75) is 139 Å². The van der Waals surface area contributed by atoms with Crippen molar-refractivity contribution in [2.75, 3.05) is 19.6 Å². The lowest BCUT2D eigenvalue weighted by Crippen LogP contribution is -2.69. The fourth-order valence-corrected chi connectivity index (χ4v) is 34.7. The van der Waals surface area contributed by atoms with Crippen LogP contribution >= 0.6 is 15.8 Å². The quantitative estimate of drug-likeness (QED) is 0.160. The zero-order valence-corrected chi connectivity index (χ0v) is 43.4. The molecule has 2 fully saturated rings. The highest BCUT2D eigenvalue weighted by Crippen LogP contribution is 2.61. The van der Waals surface area contributed by atoms with E-state index in [1.807, 2.05) is 0 Å². The third kappa shape index (κ3) is 4.78. The molecule has 0 N–H and O–H groups in total. The number of benzene rings is 4. The molecule has 12 atom stereocenters. The fourth-order valence-electron chi connectivity index (χ4n) is 16.5. The number of fused-ring (bicyclic) bond motifs is 14. The molecule has 10 heterocycles. The topological polar surface area (TPSA) is 25.9 Å². The van der Waals surface area contributed by atoms with Crippen LogP contribution in [0.1, 0.15) is 65.2 Å². The van der Waals surface area contributed by atoms with Gasteiger partial charge in [-0.2, -0.15) is 0 Å². The van der Waals surface area contributed by atoms with Gasteiger partial charge in [-0.3, -0.25) is 0 Å². The first-order valence-electron chi connectivity index (χ1n) is 25.8. The summed E-state index contributed by atoms with van der Waals surface area (Å²) in [4.78, 5) is 22.3. The summed E-state index contributed by atoms with van der Waals surface area (Å²) >= 11 is 0. The minimum atomic E-state index is -2.26. The number of anilines is 4. The lowest BCUT2D eigenvalue weighted by Gasteiger charge is -2.51. The van der Waals surface area contributed by atoms with Crippen LogP contribution < -0.4 is 61.6 Å². The van der Waals surface area contributed by atoms with Crippen LogP contribution in [-0.2, 0) is 0 Å². The van der Waals surface area contributed by atoms with Gasteiger partial charge in [-0.1, -0.05) is 81.0 Å². The first-order valence-corrected chi connectivity index (χ1v) is 34.3. The molecular weight excluding hydrogens is 891 g/mol. The minimum Gasteiger partial charge on any atom is -0.351 e. The number of hydrogen-bond acceptors (Lipinski definition) is 8. The van der Waals surface area contributed by atoms with Crippen LogP contribution in [0.25, 0.3) is 0 Å². The molecule has 2 saturated carbocycles. The number of hydrogen-bond donors (Lipinski definition) is 0. The van der Waals surface area contributed by atoms with E-state index in [1.165, 1.54) is 80.2 Å². The normalized spacial score (nSPS) is 36.2. The minimum absolute atomic E-state index is 0.284. The monoisotopic (exact) mass is 952 g/mol. The Morgan fingerprint density at radius 1 is 0.433 bits per heavy atom. The molecule has 12 aliphatic rings. The van der Waals surface area contributed by atoms with Gasteiger partial charge in [0.25, 0.3) is 0 Å². The highest BCUT2D eigenvalue weighted by Gasteiger charge is 2.59. The van der Waals surface area contributed by atoms with E-state index in [-0.39, 0.29) is 6.17 Å². The van der Waals surface area contributed by atoms with Crippen LogP contribution in [0.5, 0.6) is 0 Å². The molecule has 16 rings (SSSR count). The van der Waals surface area contributed by atoms with Crippen LogP contribution in [0.3, 0.4) is 0 Å². The maximum atomic E-state index is 2.94. The molecule has 4 aromatic carbocycles. The Bertz CT molecular complexity index is 2970. The van der Waals surface area contributed by atoms with Gasteiger partial charge in [-0.05, 0) is 109 Å². The summed E-state index contributed by atoms with van der Waals surface area (Å²) in [5.41, 5.74) is 5.96. The van der Waals surface area contributed by atoms with Gasteiger partial charge < -0.3 is 39.2 Å². The molecule has 0 radical (unpaired) electrons. The summed E-state index contributed by atoms with van der Waals surface area (Å²) in [6, 6.07) is 33.3. The van der Waals surface area contributed by atoms with E-state index >= 15 is 0 Å². The molecule has 9 unspecified atom stereocenters. The van der Waals surface area contributed by atoms with Crippen molar-refractivity contribution in [1.29, 1.82) is 0 Å². The molecule has 2 aliphatic carbocycles. The highest BCUT2D eigenvalue weighted by atomic mass is 31.1. The van der Waals surface area contributed by atoms with E-state index < -0.39 is 32.0 Å². The van der Waals surface area contributed by atoms with Crippen LogP contribution in [0.15, 0.2) is 122 Å². The van der Waals surface area contributed by atoms with Gasteiger partial charge in [0.15, 0.2) is 0 Å². The van der Waals surface area contributed by atoms with Crippen LogP contribution in [0.4, 0.5) is 22.7 Å². The van der Waals surface area contributed by atoms with Gasteiger partial charge in [0.2, 0.25) is 0 Å². The van der Waals surface area contributed by atoms with Crippen molar-refractivity contribution >= 4 is 96.7 Å². The first-order chi connectivity index (χ1) is 32.7. The van der Waals surface area contributed by atoms with Gasteiger partial charge >= 0.3 is 0 Å². The van der Waals surface area contributed by atoms with Crippen LogP contribution in [0, 0.1) is 5.92 Å². The Labute approximate surface area is 401 Å². The Balaban J connectivity index is 0.806. The smallest absolute Gasteiger partial charge is 0.133 e. The Kier molecular flexibility index (Phi) is 7.90. The molecule has 10 aliphatic heterocycles. The van der Waals surface area contributed by atoms with Crippen molar-refractivity contribution < 1.29 is 0 Å². The molecule has 4 bridgehead atoms. The molecular formula is C55H62N8P2Si2. The summed E-state index contributed by atoms with van der Waals surface area (Å²) in [5.74, 6) is 1.39. The van der Waals surface area contributed by atoms with Gasteiger partial charge in [-0.25, -0.2) is 0 Å². The molecule has 0 amide bonds.